The second-order valence-electron chi connectivity index (χ2n) is 17.3. The molecule has 4 aliphatic rings. The molecular formula is C40H54FNO14. The van der Waals surface area contributed by atoms with Gasteiger partial charge in [0.1, 0.15) is 35.6 Å². The van der Waals surface area contributed by atoms with E-state index in [1.54, 1.807) is 40.7 Å². The van der Waals surface area contributed by atoms with Crippen LogP contribution in [0.25, 0.3) is 0 Å². The molecule has 15 nitrogen and oxygen atoms in total. The Bertz CT molecular complexity index is 1760. The Morgan fingerprint density at radius 2 is 1.70 bits per heavy atom. The molecule has 0 spiro atoms. The minimum Gasteiger partial charge on any atom is -0.456 e. The van der Waals surface area contributed by atoms with E-state index in [1.165, 1.54) is 38.1 Å². The topological polar surface area (TPSA) is 224 Å². The lowest BCUT2D eigenvalue weighted by atomic mass is 9.46. The molecule has 1 aliphatic heterocycles. The number of halogens is 1. The number of benzene rings is 1. The molecule has 3 fully saturated rings. The number of hydrogen-bond donors (Lipinski definition) is 5. The molecule has 1 heterocycles. The van der Waals surface area contributed by atoms with Crippen molar-refractivity contribution in [2.24, 2.45) is 17.3 Å². The predicted octanol–water partition coefficient (Wildman–Crippen LogP) is 2.64. The number of alkyl carbamates (subject to hydrolysis) is 1. The molecule has 56 heavy (non-hydrogen) atoms. The highest BCUT2D eigenvalue weighted by atomic mass is 19.1. The van der Waals surface area contributed by atoms with Gasteiger partial charge in [-0.1, -0.05) is 32.0 Å². The van der Waals surface area contributed by atoms with Crippen molar-refractivity contribution in [1.82, 2.24) is 5.32 Å². The molecule has 0 aromatic heterocycles. The number of esters is 3. The van der Waals surface area contributed by atoms with Gasteiger partial charge < -0.3 is 49.4 Å². The lowest BCUT2D eigenvalue weighted by Crippen LogP contribution is -2.82. The van der Waals surface area contributed by atoms with Crippen molar-refractivity contribution in [2.45, 2.75) is 147 Å². The molecule has 1 aromatic rings. The van der Waals surface area contributed by atoms with E-state index in [4.69, 9.17) is 23.7 Å². The minimum absolute atomic E-state index is 0.0337. The number of nitrogens with one attached hydrogen (secondary N) is 1. The lowest BCUT2D eigenvalue weighted by molar-refractivity contribution is -0.346. The molecule has 310 valence electrons. The van der Waals surface area contributed by atoms with Crippen LogP contribution in [0.5, 0.6) is 0 Å². The molecule has 16 heteroatoms. The number of amides is 1. The van der Waals surface area contributed by atoms with Crippen LogP contribution in [0.2, 0.25) is 0 Å². The Morgan fingerprint density at radius 3 is 2.23 bits per heavy atom. The molecule has 2 bridgehead atoms. The smallest absolute Gasteiger partial charge is 0.407 e. The Labute approximate surface area is 324 Å². The number of hydrogen-bond acceptors (Lipinski definition) is 14. The SMILES string of the molecule is CC(=O)O[C@@]12CO[C@@H]1C[C@H](O)[C@@]1(C)C(=O)[C@H](O)C3=C(C)[C@@H](OC(=O)[C@H](O)[C@H](CC(C)C)NC(=O)OC(C)(C)C)C[C@@](O)([C@@H](OC(=O)c4ccccc4)[C@H]21)[C@@]3(C)F. The molecule has 5 rings (SSSR count). The fourth-order valence-electron chi connectivity index (χ4n) is 9.02. The van der Waals surface area contributed by atoms with Crippen molar-refractivity contribution in [3.63, 3.8) is 0 Å². The van der Waals surface area contributed by atoms with Crippen LogP contribution < -0.4 is 5.32 Å². The van der Waals surface area contributed by atoms with Crippen molar-refractivity contribution >= 4 is 29.8 Å². The Balaban J connectivity index is 1.66. The van der Waals surface area contributed by atoms with E-state index in [2.05, 4.69) is 5.32 Å². The summed E-state index contributed by atoms with van der Waals surface area (Å²) in [6.07, 6.45) is -12.9. The average molecular weight is 792 g/mol. The normalized spacial score (nSPS) is 36.4. The van der Waals surface area contributed by atoms with E-state index in [-0.39, 0.29) is 29.9 Å². The Morgan fingerprint density at radius 1 is 1.07 bits per heavy atom. The van der Waals surface area contributed by atoms with Gasteiger partial charge in [-0.25, -0.2) is 18.8 Å². The summed E-state index contributed by atoms with van der Waals surface area (Å²) in [5.41, 5.74) is -12.0. The fourth-order valence-corrected chi connectivity index (χ4v) is 9.02. The molecule has 12 atom stereocenters. The van der Waals surface area contributed by atoms with E-state index in [0.717, 1.165) is 13.8 Å². The van der Waals surface area contributed by atoms with Gasteiger partial charge >= 0.3 is 24.0 Å². The molecule has 3 aliphatic carbocycles. The second-order valence-corrected chi connectivity index (χ2v) is 17.3. The van der Waals surface area contributed by atoms with Gasteiger partial charge in [0, 0.05) is 25.3 Å². The van der Waals surface area contributed by atoms with E-state index in [1.807, 2.05) is 0 Å². The standard InChI is InChI=1S/C40H54FNO14/c1-19(2)15-23(42-35(50)56-36(5,6)7)28(45)34(49)53-24-17-40(51)32(54-33(48)22-13-11-10-12-14-22)30-37(8,31(47)29(46)27(20(24)3)38(40,9)41)25(44)16-26-39(30,18-52-26)55-21(4)43/h10-14,19,23-26,28-30,32,44-46,51H,15-18H2,1-9H3,(H,42,50)/t23-,24-,25-,26+,28+,29+,30-,32-,37+,38-,39-,40+/m0/s1. The number of ether oxygens (including phenoxy) is 5. The van der Waals surface area contributed by atoms with Gasteiger partial charge in [0.2, 0.25) is 0 Å². The lowest BCUT2D eigenvalue weighted by Gasteiger charge is -2.66. The van der Waals surface area contributed by atoms with Gasteiger partial charge in [-0.05, 0) is 71.6 Å². The maximum atomic E-state index is 17.9. The number of alkyl halides is 1. The number of fused-ring (bicyclic) bond motifs is 5. The summed E-state index contributed by atoms with van der Waals surface area (Å²) >= 11 is 0. The third-order valence-electron chi connectivity index (χ3n) is 11.8. The maximum Gasteiger partial charge on any atom is 0.407 e. The molecule has 5 N–H and O–H groups in total. The highest BCUT2D eigenvalue weighted by molar-refractivity contribution is 5.94. The first kappa shape index (κ1) is 43.2. The van der Waals surface area contributed by atoms with Gasteiger partial charge in [0.15, 0.2) is 23.2 Å². The van der Waals surface area contributed by atoms with Crippen LogP contribution in [0, 0.1) is 17.3 Å². The minimum atomic E-state index is -3.12. The Kier molecular flexibility index (Phi) is 11.6. The van der Waals surface area contributed by atoms with Crippen LogP contribution in [-0.2, 0) is 38.1 Å². The summed E-state index contributed by atoms with van der Waals surface area (Å²) in [5, 5.41) is 50.4. The summed E-state index contributed by atoms with van der Waals surface area (Å²) in [6, 6.07) is 6.25. The van der Waals surface area contributed by atoms with Crippen molar-refractivity contribution < 1.29 is 72.5 Å². The maximum absolute atomic E-state index is 17.9. The fraction of sp³-hybridized carbons (Fsp3) is 0.675. The van der Waals surface area contributed by atoms with E-state index in [0.29, 0.717) is 0 Å². The average Bonchev–Trinajstić information content (AvgIpc) is 3.08. The van der Waals surface area contributed by atoms with E-state index < -0.39 is 125 Å². The number of ketones is 1. The number of Topliss-reactive ketones (excluding diaryl/α,β-unsaturated/α-hetero) is 1. The van der Waals surface area contributed by atoms with Gasteiger partial charge in [0.05, 0.1) is 35.6 Å². The first-order valence-electron chi connectivity index (χ1n) is 18.8. The van der Waals surface area contributed by atoms with Crippen LogP contribution in [0.15, 0.2) is 41.5 Å². The zero-order valence-corrected chi connectivity index (χ0v) is 33.2. The summed E-state index contributed by atoms with van der Waals surface area (Å²) in [5.74, 6) is -6.28. The van der Waals surface area contributed by atoms with Gasteiger partial charge in [-0.3, -0.25) is 9.59 Å². The number of aliphatic hydroxyl groups is 4. The Hall–Kier alpha value is -3.96. The molecule has 1 amide bonds. The quantitative estimate of drug-likeness (QED) is 0.138. The van der Waals surface area contributed by atoms with Crippen molar-refractivity contribution in [3.05, 3.63) is 47.0 Å². The second kappa shape index (κ2) is 15.1. The summed E-state index contributed by atoms with van der Waals surface area (Å²) < 4.78 is 46.7. The van der Waals surface area contributed by atoms with Crippen molar-refractivity contribution in [3.8, 4) is 0 Å². The summed E-state index contributed by atoms with van der Waals surface area (Å²) in [7, 11) is 0. The number of carbonyl (C=O) groups is 5. The van der Waals surface area contributed by atoms with Crippen LogP contribution >= 0.6 is 0 Å². The monoisotopic (exact) mass is 791 g/mol. The molecule has 1 aromatic carbocycles. The van der Waals surface area contributed by atoms with E-state index in [9.17, 15) is 44.4 Å². The third-order valence-corrected chi connectivity index (χ3v) is 11.8. The number of carbonyl (C=O) groups excluding carboxylic acids is 5. The largest absolute Gasteiger partial charge is 0.456 e. The molecule has 0 radical (unpaired) electrons. The van der Waals surface area contributed by atoms with E-state index >= 15 is 4.39 Å². The van der Waals surface area contributed by atoms with Crippen molar-refractivity contribution in [1.29, 1.82) is 0 Å². The molecule has 1 saturated heterocycles. The van der Waals surface area contributed by atoms with Crippen molar-refractivity contribution in [2.75, 3.05) is 6.61 Å². The van der Waals surface area contributed by atoms with Gasteiger partial charge in [-0.15, -0.1) is 0 Å². The zero-order valence-electron chi connectivity index (χ0n) is 33.2. The first-order valence-corrected chi connectivity index (χ1v) is 18.8. The number of rotatable bonds is 9. The van der Waals surface area contributed by atoms with Crippen LogP contribution in [0.1, 0.15) is 91.9 Å². The highest BCUT2D eigenvalue weighted by Crippen LogP contribution is 2.63. The van der Waals surface area contributed by atoms with Gasteiger partial charge in [-0.2, -0.15) is 0 Å². The summed E-state index contributed by atoms with van der Waals surface area (Å²) in [6.45, 7) is 12.6. The third kappa shape index (κ3) is 7.34. The van der Waals surface area contributed by atoms with Crippen LogP contribution in [-0.4, -0.2) is 122 Å². The summed E-state index contributed by atoms with van der Waals surface area (Å²) in [4.78, 5) is 67.9. The highest BCUT2D eigenvalue weighted by Gasteiger charge is 2.79. The van der Waals surface area contributed by atoms with Crippen LogP contribution in [0.3, 0.4) is 0 Å². The predicted molar refractivity (Wildman–Crippen MR) is 193 cm³/mol. The molecular weight excluding hydrogens is 737 g/mol. The van der Waals surface area contributed by atoms with Crippen LogP contribution in [0.4, 0.5) is 9.18 Å². The number of aliphatic hydroxyl groups excluding tert-OH is 3. The molecule has 2 saturated carbocycles. The molecule has 0 unspecified atom stereocenters. The zero-order chi connectivity index (χ0) is 41.9. The first-order chi connectivity index (χ1) is 25.8. The van der Waals surface area contributed by atoms with Gasteiger partial charge in [0.25, 0.3) is 0 Å².